The van der Waals surface area contributed by atoms with Gasteiger partial charge < -0.3 is 9.84 Å². The number of phenolic OH excluding ortho intramolecular Hbond substituents is 1. The Morgan fingerprint density at radius 3 is 2.88 bits per heavy atom. The monoisotopic (exact) mass is 275 g/mol. The molecule has 1 aliphatic heterocycles. The lowest BCUT2D eigenvalue weighted by atomic mass is 10.2. The maximum atomic E-state index is 9.87. The van der Waals surface area contributed by atoms with Gasteiger partial charge in [-0.1, -0.05) is 23.2 Å². The molecule has 0 amide bonds. The number of ether oxygens (including phenoxy) is 1. The molecule has 0 atom stereocenters. The van der Waals surface area contributed by atoms with Crippen molar-refractivity contribution in [3.63, 3.8) is 0 Å². The Balaban J connectivity index is 2.11. The van der Waals surface area contributed by atoms with E-state index in [1.165, 1.54) is 0 Å². The molecule has 1 aromatic rings. The molecule has 1 N–H and O–H groups in total. The van der Waals surface area contributed by atoms with Crippen molar-refractivity contribution in [3.8, 4) is 5.75 Å². The average Bonchev–Trinajstić information content (AvgIpc) is 2.54. The quantitative estimate of drug-likeness (QED) is 0.901. The minimum Gasteiger partial charge on any atom is -0.506 e. The lowest BCUT2D eigenvalue weighted by Gasteiger charge is -2.20. The van der Waals surface area contributed by atoms with Gasteiger partial charge in [0.05, 0.1) is 11.6 Å². The molecule has 0 spiro atoms. The molecule has 1 aromatic carbocycles. The molecular weight excluding hydrogens is 261 g/mol. The van der Waals surface area contributed by atoms with Crippen LogP contribution in [0, 0.1) is 0 Å². The van der Waals surface area contributed by atoms with Gasteiger partial charge in [0.1, 0.15) is 5.75 Å². The van der Waals surface area contributed by atoms with E-state index < -0.39 is 0 Å². The van der Waals surface area contributed by atoms with Crippen molar-refractivity contribution in [3.05, 3.63) is 27.7 Å². The highest BCUT2D eigenvalue weighted by atomic mass is 35.5. The summed E-state index contributed by atoms with van der Waals surface area (Å²) in [6, 6.07) is 3.31. The van der Waals surface area contributed by atoms with E-state index in [9.17, 15) is 5.11 Å². The number of rotatable bonds is 2. The maximum absolute atomic E-state index is 9.87. The van der Waals surface area contributed by atoms with Gasteiger partial charge in [0, 0.05) is 36.8 Å². The molecule has 0 bridgehead atoms. The molecule has 0 radical (unpaired) electrons. The van der Waals surface area contributed by atoms with Crippen molar-refractivity contribution < 1.29 is 9.84 Å². The highest BCUT2D eigenvalue weighted by molar-refractivity contribution is 6.35. The molecule has 94 valence electrons. The van der Waals surface area contributed by atoms with Crippen LogP contribution in [0.2, 0.25) is 10.0 Å². The van der Waals surface area contributed by atoms with Gasteiger partial charge in [-0.05, 0) is 18.6 Å². The van der Waals surface area contributed by atoms with Crippen molar-refractivity contribution in [1.29, 1.82) is 0 Å². The minimum atomic E-state index is 0.126. The first-order valence-electron chi connectivity index (χ1n) is 5.64. The molecule has 1 fully saturated rings. The summed E-state index contributed by atoms with van der Waals surface area (Å²) in [6.07, 6.45) is 1.01. The summed E-state index contributed by atoms with van der Waals surface area (Å²) in [6.45, 7) is 4.01. The van der Waals surface area contributed by atoms with E-state index in [0.29, 0.717) is 16.6 Å². The Morgan fingerprint density at radius 1 is 1.24 bits per heavy atom. The molecule has 2 rings (SSSR count). The predicted octanol–water partition coefficient (Wildman–Crippen LogP) is 2.92. The number of aromatic hydroxyl groups is 1. The van der Waals surface area contributed by atoms with Gasteiger partial charge in [0.15, 0.2) is 0 Å². The highest BCUT2D eigenvalue weighted by Crippen LogP contribution is 2.32. The second kappa shape index (κ2) is 5.91. The fourth-order valence-electron chi connectivity index (χ4n) is 1.94. The smallest absolute Gasteiger partial charge is 0.138 e. The van der Waals surface area contributed by atoms with E-state index >= 15 is 0 Å². The Kier molecular flexibility index (Phi) is 4.51. The largest absolute Gasteiger partial charge is 0.506 e. The average molecular weight is 276 g/mol. The molecule has 1 aliphatic rings. The summed E-state index contributed by atoms with van der Waals surface area (Å²) in [5.41, 5.74) is 0.768. The zero-order valence-corrected chi connectivity index (χ0v) is 11.0. The number of benzene rings is 1. The molecule has 5 heteroatoms. The van der Waals surface area contributed by atoms with Crippen LogP contribution >= 0.6 is 23.2 Å². The zero-order chi connectivity index (χ0) is 12.3. The number of nitrogens with zero attached hydrogens (tertiary/aromatic N) is 1. The first-order valence-corrected chi connectivity index (χ1v) is 6.39. The summed E-state index contributed by atoms with van der Waals surface area (Å²) < 4.78 is 5.38. The van der Waals surface area contributed by atoms with Crippen LogP contribution in [0.4, 0.5) is 0 Å². The molecular formula is C12H15Cl2NO2. The van der Waals surface area contributed by atoms with Gasteiger partial charge >= 0.3 is 0 Å². The lowest BCUT2D eigenvalue weighted by Crippen LogP contribution is -2.25. The Bertz CT molecular complexity index is 390. The van der Waals surface area contributed by atoms with Gasteiger partial charge in [-0.15, -0.1) is 0 Å². The zero-order valence-electron chi connectivity index (χ0n) is 9.46. The van der Waals surface area contributed by atoms with E-state index in [1.807, 2.05) is 0 Å². The molecule has 0 saturated carbocycles. The van der Waals surface area contributed by atoms with Crippen LogP contribution in [-0.4, -0.2) is 36.3 Å². The topological polar surface area (TPSA) is 32.7 Å². The molecule has 1 heterocycles. The van der Waals surface area contributed by atoms with Gasteiger partial charge in [-0.3, -0.25) is 4.90 Å². The van der Waals surface area contributed by atoms with Gasteiger partial charge in [0.2, 0.25) is 0 Å². The second-order valence-corrected chi connectivity index (χ2v) is 4.98. The van der Waals surface area contributed by atoms with Crippen molar-refractivity contribution in [1.82, 2.24) is 4.90 Å². The second-order valence-electron chi connectivity index (χ2n) is 4.14. The van der Waals surface area contributed by atoms with Crippen LogP contribution in [0.3, 0.4) is 0 Å². The molecule has 1 saturated heterocycles. The predicted molar refractivity (Wildman–Crippen MR) is 68.8 cm³/mol. The van der Waals surface area contributed by atoms with E-state index in [2.05, 4.69) is 4.90 Å². The van der Waals surface area contributed by atoms with E-state index in [1.54, 1.807) is 12.1 Å². The van der Waals surface area contributed by atoms with Crippen molar-refractivity contribution in [2.75, 3.05) is 26.3 Å². The van der Waals surface area contributed by atoms with Gasteiger partial charge in [-0.25, -0.2) is 0 Å². The van der Waals surface area contributed by atoms with Crippen LogP contribution in [0.5, 0.6) is 5.75 Å². The van der Waals surface area contributed by atoms with E-state index in [-0.39, 0.29) is 5.75 Å². The Hall–Kier alpha value is -0.480. The summed E-state index contributed by atoms with van der Waals surface area (Å²) in [5, 5.41) is 10.7. The number of hydrogen-bond donors (Lipinski definition) is 1. The third kappa shape index (κ3) is 3.49. The Morgan fingerprint density at radius 2 is 2.06 bits per heavy atom. The van der Waals surface area contributed by atoms with Gasteiger partial charge in [0.25, 0.3) is 0 Å². The summed E-state index contributed by atoms with van der Waals surface area (Å²) >= 11 is 11.8. The van der Waals surface area contributed by atoms with Crippen LogP contribution < -0.4 is 0 Å². The van der Waals surface area contributed by atoms with Crippen molar-refractivity contribution in [2.45, 2.75) is 13.0 Å². The third-order valence-electron chi connectivity index (χ3n) is 2.82. The standard InChI is InChI=1S/C12H15Cl2NO2/c13-10-6-9(12(16)11(14)7-10)8-15-2-1-4-17-5-3-15/h6-7,16H,1-5,8H2. The molecule has 0 aliphatic carbocycles. The lowest BCUT2D eigenvalue weighted by molar-refractivity contribution is 0.140. The fourth-order valence-corrected chi connectivity index (χ4v) is 2.47. The van der Waals surface area contributed by atoms with E-state index in [4.69, 9.17) is 27.9 Å². The third-order valence-corrected chi connectivity index (χ3v) is 3.32. The number of halogens is 2. The van der Waals surface area contributed by atoms with E-state index in [0.717, 1.165) is 38.3 Å². The van der Waals surface area contributed by atoms with Crippen LogP contribution in [0.15, 0.2) is 12.1 Å². The SMILES string of the molecule is Oc1c(Cl)cc(Cl)cc1CN1CCCOCC1. The normalized spacial score (nSPS) is 18.0. The highest BCUT2D eigenvalue weighted by Gasteiger charge is 2.14. The number of phenols is 1. The van der Waals surface area contributed by atoms with Crippen LogP contribution in [0.1, 0.15) is 12.0 Å². The molecule has 0 aromatic heterocycles. The van der Waals surface area contributed by atoms with Crippen LogP contribution in [-0.2, 0) is 11.3 Å². The summed E-state index contributed by atoms with van der Waals surface area (Å²) in [5.74, 6) is 0.126. The van der Waals surface area contributed by atoms with Crippen molar-refractivity contribution in [2.24, 2.45) is 0 Å². The Labute approximate surface area is 111 Å². The number of hydrogen-bond acceptors (Lipinski definition) is 3. The first-order chi connectivity index (χ1) is 8.16. The fraction of sp³-hybridized carbons (Fsp3) is 0.500. The summed E-state index contributed by atoms with van der Waals surface area (Å²) in [7, 11) is 0. The van der Waals surface area contributed by atoms with Crippen LogP contribution in [0.25, 0.3) is 0 Å². The molecule has 3 nitrogen and oxygen atoms in total. The molecule has 17 heavy (non-hydrogen) atoms. The molecule has 0 unspecified atom stereocenters. The first kappa shape index (κ1) is 13.0. The summed E-state index contributed by atoms with van der Waals surface area (Å²) in [4.78, 5) is 2.23. The maximum Gasteiger partial charge on any atom is 0.138 e. The minimum absolute atomic E-state index is 0.126. The van der Waals surface area contributed by atoms with Crippen molar-refractivity contribution >= 4 is 23.2 Å². The van der Waals surface area contributed by atoms with Gasteiger partial charge in [-0.2, -0.15) is 0 Å².